The van der Waals surface area contributed by atoms with E-state index in [9.17, 15) is 13.6 Å². The normalized spacial score (nSPS) is 20.3. The van der Waals surface area contributed by atoms with Gasteiger partial charge in [0.05, 0.1) is 17.4 Å². The van der Waals surface area contributed by atoms with Crippen LogP contribution in [0.1, 0.15) is 41.5 Å². The summed E-state index contributed by atoms with van der Waals surface area (Å²) in [6.45, 7) is 2.03. The summed E-state index contributed by atoms with van der Waals surface area (Å²) in [7, 11) is 0. The summed E-state index contributed by atoms with van der Waals surface area (Å²) < 4.78 is 28.8. The molecule has 0 fully saturated rings. The van der Waals surface area contributed by atoms with Crippen LogP contribution in [0.5, 0.6) is 0 Å². The van der Waals surface area contributed by atoms with Gasteiger partial charge in [0.2, 0.25) is 0 Å². The minimum absolute atomic E-state index is 0.0302. The van der Waals surface area contributed by atoms with E-state index >= 15 is 0 Å². The van der Waals surface area contributed by atoms with E-state index in [2.05, 4.69) is 22.8 Å². The largest absolute Gasteiger partial charge is 0.372 e. The predicted octanol–water partition coefficient (Wildman–Crippen LogP) is 6.25. The molecule has 0 saturated carbocycles. The van der Waals surface area contributed by atoms with Crippen LogP contribution in [0, 0.1) is 18.6 Å². The maximum absolute atomic E-state index is 14.8. The Labute approximate surface area is 179 Å². The molecule has 2 N–H and O–H groups in total. The molecule has 3 aromatic carbocycles. The number of para-hydroxylation sites is 2. The predicted molar refractivity (Wildman–Crippen MR) is 118 cm³/mol. The lowest BCUT2D eigenvalue weighted by Gasteiger charge is -2.30. The summed E-state index contributed by atoms with van der Waals surface area (Å²) in [6, 6.07) is 18.4. The molecule has 0 saturated heterocycles. The summed E-state index contributed by atoms with van der Waals surface area (Å²) >= 11 is 0. The molecular formula is C26H22F2N2O. The standard InChI is InChI=1S/C26H22F2N2O/c1-15-6-8-16(9-7-15)17-12-23-25(24(31)13-17)26(19-14-18(27)10-11-20(19)28)30-22-5-3-2-4-21(22)29-23/h2-11,14,17,26,29-30H,12-13H2,1H3/t17-,26+/m0/s1. The molecule has 5 heteroatoms. The maximum Gasteiger partial charge on any atom is 0.163 e. The Morgan fingerprint density at radius 3 is 2.42 bits per heavy atom. The minimum atomic E-state index is -0.770. The van der Waals surface area contributed by atoms with Crippen LogP contribution in [0.15, 0.2) is 78.0 Å². The van der Waals surface area contributed by atoms with Gasteiger partial charge in [-0.3, -0.25) is 4.79 Å². The van der Waals surface area contributed by atoms with Crippen molar-refractivity contribution in [3.63, 3.8) is 0 Å². The van der Waals surface area contributed by atoms with Gasteiger partial charge in [0, 0.05) is 23.3 Å². The number of nitrogens with one attached hydrogen (secondary N) is 2. The molecule has 0 amide bonds. The van der Waals surface area contributed by atoms with Crippen LogP contribution in [0.3, 0.4) is 0 Å². The van der Waals surface area contributed by atoms with E-state index in [1.165, 1.54) is 6.07 Å². The van der Waals surface area contributed by atoms with Crippen molar-refractivity contribution in [3.05, 3.63) is 106 Å². The quantitative estimate of drug-likeness (QED) is 0.519. The van der Waals surface area contributed by atoms with Gasteiger partial charge in [0.1, 0.15) is 11.6 Å². The van der Waals surface area contributed by atoms with Gasteiger partial charge in [0.25, 0.3) is 0 Å². The average Bonchev–Trinajstić information content (AvgIpc) is 2.92. The molecule has 3 aromatic rings. The number of halogens is 2. The van der Waals surface area contributed by atoms with Crippen LogP contribution < -0.4 is 10.6 Å². The number of carbonyl (C=O) groups is 1. The number of hydrogen-bond donors (Lipinski definition) is 2. The number of anilines is 2. The molecule has 2 atom stereocenters. The maximum atomic E-state index is 14.8. The molecule has 3 nitrogen and oxygen atoms in total. The topological polar surface area (TPSA) is 41.1 Å². The van der Waals surface area contributed by atoms with Crippen molar-refractivity contribution in [2.75, 3.05) is 10.6 Å². The summed E-state index contributed by atoms with van der Waals surface area (Å²) in [5, 5.41) is 6.70. The highest BCUT2D eigenvalue weighted by molar-refractivity contribution is 6.01. The van der Waals surface area contributed by atoms with E-state index in [-0.39, 0.29) is 17.3 Å². The van der Waals surface area contributed by atoms with Crippen molar-refractivity contribution in [3.8, 4) is 0 Å². The Balaban J connectivity index is 1.63. The zero-order valence-electron chi connectivity index (χ0n) is 17.1. The van der Waals surface area contributed by atoms with E-state index in [0.717, 1.165) is 40.3 Å². The molecule has 5 rings (SSSR count). The van der Waals surface area contributed by atoms with Gasteiger partial charge in [-0.1, -0.05) is 42.0 Å². The summed E-state index contributed by atoms with van der Waals surface area (Å²) in [5.41, 5.74) is 5.19. The zero-order valence-corrected chi connectivity index (χ0v) is 17.1. The van der Waals surface area contributed by atoms with Crippen LogP contribution in [-0.2, 0) is 4.79 Å². The van der Waals surface area contributed by atoms with Gasteiger partial charge >= 0.3 is 0 Å². The van der Waals surface area contributed by atoms with Gasteiger partial charge in [0.15, 0.2) is 5.78 Å². The fraction of sp³-hybridized carbons (Fsp3) is 0.192. The molecule has 1 aliphatic heterocycles. The molecule has 0 aromatic heterocycles. The molecule has 1 aliphatic carbocycles. The van der Waals surface area contributed by atoms with Gasteiger partial charge < -0.3 is 10.6 Å². The monoisotopic (exact) mass is 416 g/mol. The van der Waals surface area contributed by atoms with Crippen molar-refractivity contribution >= 4 is 17.2 Å². The first kappa shape index (κ1) is 19.5. The minimum Gasteiger partial charge on any atom is -0.372 e. The van der Waals surface area contributed by atoms with E-state index < -0.39 is 17.7 Å². The number of ketones is 1. The Morgan fingerprint density at radius 1 is 0.903 bits per heavy atom. The Kier molecular flexibility index (Phi) is 4.81. The summed E-state index contributed by atoms with van der Waals surface area (Å²) in [6.07, 6.45) is 0.947. The highest BCUT2D eigenvalue weighted by Crippen LogP contribution is 2.44. The fourth-order valence-corrected chi connectivity index (χ4v) is 4.54. The second kappa shape index (κ2) is 7.65. The second-order valence-electron chi connectivity index (χ2n) is 8.25. The SMILES string of the molecule is Cc1ccc([C@@H]2CC(=O)C3=C(C2)Nc2ccccc2N[C@@H]3c2cc(F)ccc2F)cc1. The first-order valence-electron chi connectivity index (χ1n) is 10.4. The van der Waals surface area contributed by atoms with Crippen LogP contribution in [0.4, 0.5) is 20.2 Å². The molecule has 0 bridgehead atoms. The number of hydrogen-bond acceptors (Lipinski definition) is 3. The average molecular weight is 416 g/mol. The fourth-order valence-electron chi connectivity index (χ4n) is 4.54. The van der Waals surface area contributed by atoms with Gasteiger partial charge in [-0.25, -0.2) is 8.78 Å². The second-order valence-corrected chi connectivity index (χ2v) is 8.25. The van der Waals surface area contributed by atoms with Crippen LogP contribution >= 0.6 is 0 Å². The zero-order chi connectivity index (χ0) is 21.5. The van der Waals surface area contributed by atoms with E-state index in [0.29, 0.717) is 18.4 Å². The highest BCUT2D eigenvalue weighted by Gasteiger charge is 2.37. The molecule has 156 valence electrons. The number of aryl methyl sites for hydroxylation is 1. The number of benzene rings is 3. The van der Waals surface area contributed by atoms with Gasteiger partial charge in [-0.15, -0.1) is 0 Å². The van der Waals surface area contributed by atoms with E-state index in [1.54, 1.807) is 0 Å². The van der Waals surface area contributed by atoms with Crippen LogP contribution in [-0.4, -0.2) is 5.78 Å². The van der Waals surface area contributed by atoms with Crippen molar-refractivity contribution in [2.45, 2.75) is 31.7 Å². The highest BCUT2D eigenvalue weighted by atomic mass is 19.1. The van der Waals surface area contributed by atoms with E-state index in [1.807, 2.05) is 43.3 Å². The number of Topliss-reactive ketones (excluding diaryl/α,β-unsaturated/α-hetero) is 1. The Bertz CT molecular complexity index is 1200. The van der Waals surface area contributed by atoms with Crippen LogP contribution in [0.25, 0.3) is 0 Å². The lowest BCUT2D eigenvalue weighted by atomic mass is 9.78. The molecule has 1 heterocycles. The van der Waals surface area contributed by atoms with Crippen LogP contribution in [0.2, 0.25) is 0 Å². The summed E-state index contributed by atoms with van der Waals surface area (Å²) in [5.74, 6) is -1.11. The lowest BCUT2D eigenvalue weighted by molar-refractivity contribution is -0.116. The number of rotatable bonds is 2. The summed E-state index contributed by atoms with van der Waals surface area (Å²) in [4.78, 5) is 13.4. The Morgan fingerprint density at radius 2 is 1.65 bits per heavy atom. The molecule has 0 unspecified atom stereocenters. The molecular weight excluding hydrogens is 394 g/mol. The third-order valence-corrected chi connectivity index (χ3v) is 6.13. The molecule has 2 aliphatic rings. The molecule has 31 heavy (non-hydrogen) atoms. The Hall–Kier alpha value is -3.47. The smallest absolute Gasteiger partial charge is 0.163 e. The van der Waals surface area contributed by atoms with Crippen molar-refractivity contribution in [1.82, 2.24) is 0 Å². The third kappa shape index (κ3) is 3.61. The van der Waals surface area contributed by atoms with Gasteiger partial charge in [-0.2, -0.15) is 0 Å². The van der Waals surface area contributed by atoms with Crippen molar-refractivity contribution in [1.29, 1.82) is 0 Å². The number of fused-ring (bicyclic) bond motifs is 1. The molecule has 0 radical (unpaired) electrons. The first-order valence-corrected chi connectivity index (χ1v) is 10.4. The molecule has 0 spiro atoms. The van der Waals surface area contributed by atoms with E-state index in [4.69, 9.17) is 0 Å². The first-order chi connectivity index (χ1) is 15.0. The van der Waals surface area contributed by atoms with Crippen molar-refractivity contribution in [2.24, 2.45) is 0 Å². The number of carbonyl (C=O) groups excluding carboxylic acids is 1. The van der Waals surface area contributed by atoms with Gasteiger partial charge in [-0.05, 0) is 55.2 Å². The third-order valence-electron chi connectivity index (χ3n) is 6.13. The lowest BCUT2D eigenvalue weighted by Crippen LogP contribution is -2.27. The van der Waals surface area contributed by atoms with Crippen molar-refractivity contribution < 1.29 is 13.6 Å². The number of allylic oxidation sites excluding steroid dienone is 1.